The number of nitrogens with one attached hydrogen (secondary N) is 1. The van der Waals surface area contributed by atoms with Crippen LogP contribution in [-0.2, 0) is 49.3 Å². The monoisotopic (exact) mass is 645 g/mol. The first-order chi connectivity index (χ1) is 18.5. The number of halogens is 3. The fourth-order valence-corrected chi connectivity index (χ4v) is 4.97. The quantitative estimate of drug-likeness (QED) is 0.232. The van der Waals surface area contributed by atoms with E-state index < -0.39 is 53.3 Å². The van der Waals surface area contributed by atoms with Gasteiger partial charge in [-0.1, -0.05) is 63.4 Å². The Kier molecular flexibility index (Phi) is 11.0. The highest BCUT2D eigenvalue weighted by molar-refractivity contribution is 9.09. The van der Waals surface area contributed by atoms with Crippen molar-refractivity contribution >= 4 is 74.4 Å². The SMILES string of the molecule is CC(=O)OC[C@H]1O[C@@H](OC(=O)Cc2ccccc2Nc2c(Cl)cccc2Cl)[C@H](Br)[C@@H](OC(C)=O)[C@@H]1OC(C)=O. The lowest BCUT2D eigenvalue weighted by Gasteiger charge is -2.42. The topological polar surface area (TPSA) is 126 Å². The molecule has 0 saturated carbocycles. The molecule has 13 heteroatoms. The molecule has 0 spiro atoms. The molecule has 0 amide bonds. The van der Waals surface area contributed by atoms with Crippen LogP contribution in [0.1, 0.15) is 26.3 Å². The van der Waals surface area contributed by atoms with Crippen molar-refractivity contribution in [3.8, 4) is 0 Å². The molecule has 10 nitrogen and oxygen atoms in total. The highest BCUT2D eigenvalue weighted by atomic mass is 79.9. The summed E-state index contributed by atoms with van der Waals surface area (Å²) < 4.78 is 27.2. The molecule has 0 unspecified atom stereocenters. The van der Waals surface area contributed by atoms with Crippen LogP contribution in [-0.4, -0.2) is 59.9 Å². The maximum atomic E-state index is 13.0. The van der Waals surface area contributed by atoms with Crippen molar-refractivity contribution in [2.75, 3.05) is 11.9 Å². The van der Waals surface area contributed by atoms with E-state index in [0.29, 0.717) is 27.0 Å². The van der Waals surface area contributed by atoms with Crippen LogP contribution in [0.25, 0.3) is 0 Å². The standard InChI is InChI=1S/C26H26BrCl2NO9/c1-13(31)35-12-20-24(36-14(2)32)25(37-15(3)33)22(27)26(38-20)39-21(34)11-16-7-4-5-10-19(16)30-23-17(28)8-6-9-18(23)29/h4-10,20,22,24-26,30H,11-12H2,1-3H3/t20-,22-,24-,25-,26+/m1/s1. The lowest BCUT2D eigenvalue weighted by atomic mass is 10.0. The average molecular weight is 647 g/mol. The van der Waals surface area contributed by atoms with Crippen molar-refractivity contribution in [2.45, 2.75) is 56.6 Å². The van der Waals surface area contributed by atoms with Crippen LogP contribution in [0.3, 0.4) is 0 Å². The first-order valence-electron chi connectivity index (χ1n) is 11.7. The Balaban J connectivity index is 1.80. The summed E-state index contributed by atoms with van der Waals surface area (Å²) in [6.45, 7) is 3.20. The number of carbonyl (C=O) groups is 4. The summed E-state index contributed by atoms with van der Waals surface area (Å²) in [5, 5.41) is 3.94. The molecule has 0 radical (unpaired) electrons. The molecule has 0 bridgehead atoms. The number of hydrogen-bond acceptors (Lipinski definition) is 10. The summed E-state index contributed by atoms with van der Waals surface area (Å²) in [5.74, 6) is -2.63. The second kappa shape index (κ2) is 14.0. The van der Waals surface area contributed by atoms with Crippen LogP contribution in [0.15, 0.2) is 42.5 Å². The van der Waals surface area contributed by atoms with E-state index in [-0.39, 0.29) is 13.0 Å². The molecule has 1 heterocycles. The van der Waals surface area contributed by atoms with Gasteiger partial charge in [0.1, 0.15) is 17.5 Å². The van der Waals surface area contributed by atoms with Gasteiger partial charge in [-0.3, -0.25) is 19.2 Å². The van der Waals surface area contributed by atoms with Crippen LogP contribution in [0.4, 0.5) is 11.4 Å². The minimum absolute atomic E-state index is 0.176. The van der Waals surface area contributed by atoms with Gasteiger partial charge in [-0.25, -0.2) is 0 Å². The van der Waals surface area contributed by atoms with Gasteiger partial charge in [0, 0.05) is 26.5 Å². The lowest BCUT2D eigenvalue weighted by Crippen LogP contribution is -2.60. The summed E-state index contributed by atoms with van der Waals surface area (Å²) in [7, 11) is 0. The third-order valence-electron chi connectivity index (χ3n) is 5.45. The van der Waals surface area contributed by atoms with Crippen LogP contribution in [0.5, 0.6) is 0 Å². The zero-order valence-corrected chi connectivity index (χ0v) is 24.2. The number of benzene rings is 2. The molecule has 1 fully saturated rings. The maximum absolute atomic E-state index is 13.0. The van der Waals surface area contributed by atoms with Gasteiger partial charge in [0.25, 0.3) is 0 Å². The zero-order valence-electron chi connectivity index (χ0n) is 21.2. The summed E-state index contributed by atoms with van der Waals surface area (Å²) in [6, 6.07) is 12.1. The summed E-state index contributed by atoms with van der Waals surface area (Å²) in [5.41, 5.74) is 1.63. The maximum Gasteiger partial charge on any atom is 0.312 e. The van der Waals surface area contributed by atoms with Crippen LogP contribution in [0.2, 0.25) is 10.0 Å². The molecule has 2 aromatic rings. The van der Waals surface area contributed by atoms with Gasteiger partial charge in [0.05, 0.1) is 22.2 Å². The summed E-state index contributed by atoms with van der Waals surface area (Å²) in [6.07, 6.45) is -4.81. The highest BCUT2D eigenvalue weighted by Gasteiger charge is 2.50. The number of esters is 4. The second-order valence-electron chi connectivity index (χ2n) is 8.48. The fraction of sp³-hybridized carbons (Fsp3) is 0.385. The van der Waals surface area contributed by atoms with E-state index in [9.17, 15) is 19.2 Å². The third kappa shape index (κ3) is 8.56. The average Bonchev–Trinajstić information content (AvgIpc) is 2.85. The molecule has 1 aliphatic rings. The van der Waals surface area contributed by atoms with Crippen molar-refractivity contribution in [3.05, 3.63) is 58.1 Å². The number of rotatable bonds is 9. The molecule has 210 valence electrons. The number of hydrogen-bond donors (Lipinski definition) is 1. The predicted molar refractivity (Wildman–Crippen MR) is 145 cm³/mol. The Morgan fingerprint density at radius 3 is 2.10 bits per heavy atom. The van der Waals surface area contributed by atoms with E-state index >= 15 is 0 Å². The van der Waals surface area contributed by atoms with E-state index in [1.54, 1.807) is 42.5 Å². The minimum Gasteiger partial charge on any atom is -0.463 e. The van der Waals surface area contributed by atoms with Gasteiger partial charge in [-0.15, -0.1) is 0 Å². The highest BCUT2D eigenvalue weighted by Crippen LogP contribution is 2.35. The Morgan fingerprint density at radius 2 is 1.49 bits per heavy atom. The van der Waals surface area contributed by atoms with E-state index in [0.717, 1.165) is 0 Å². The lowest BCUT2D eigenvalue weighted by molar-refractivity contribution is -0.256. The van der Waals surface area contributed by atoms with Crippen molar-refractivity contribution in [1.29, 1.82) is 0 Å². The van der Waals surface area contributed by atoms with Crippen LogP contribution < -0.4 is 5.32 Å². The first-order valence-corrected chi connectivity index (χ1v) is 13.4. The van der Waals surface area contributed by atoms with Gasteiger partial charge < -0.3 is 29.0 Å². The molecule has 0 aliphatic carbocycles. The molecule has 1 aliphatic heterocycles. The van der Waals surface area contributed by atoms with Crippen molar-refractivity contribution < 1.29 is 42.9 Å². The molecular formula is C26H26BrCl2NO9. The molecule has 1 saturated heterocycles. The van der Waals surface area contributed by atoms with E-state index in [1.165, 1.54) is 20.8 Å². The molecule has 3 rings (SSSR count). The number of anilines is 2. The van der Waals surface area contributed by atoms with E-state index in [1.807, 2.05) is 0 Å². The first kappa shape index (κ1) is 30.7. The fourth-order valence-electron chi connectivity index (χ4n) is 3.83. The van der Waals surface area contributed by atoms with E-state index in [4.69, 9.17) is 46.9 Å². The number of ether oxygens (including phenoxy) is 5. The van der Waals surface area contributed by atoms with Gasteiger partial charge in [0.2, 0.25) is 6.29 Å². The van der Waals surface area contributed by atoms with Gasteiger partial charge in [-0.2, -0.15) is 0 Å². The second-order valence-corrected chi connectivity index (χ2v) is 10.4. The summed E-state index contributed by atoms with van der Waals surface area (Å²) >= 11 is 15.9. The normalized spacial score (nSPS) is 22.4. The number of carbonyl (C=O) groups excluding carboxylic acids is 4. The minimum atomic E-state index is -1.28. The molecule has 5 atom stereocenters. The molecule has 0 aromatic heterocycles. The molecule has 2 aromatic carbocycles. The van der Waals surface area contributed by atoms with Gasteiger partial charge in [0.15, 0.2) is 12.2 Å². The Morgan fingerprint density at radius 1 is 0.872 bits per heavy atom. The predicted octanol–water partition coefficient (Wildman–Crippen LogP) is 4.74. The van der Waals surface area contributed by atoms with Crippen molar-refractivity contribution in [3.63, 3.8) is 0 Å². The molecular weight excluding hydrogens is 621 g/mol. The van der Waals surface area contributed by atoms with Crippen molar-refractivity contribution in [2.24, 2.45) is 0 Å². The van der Waals surface area contributed by atoms with Crippen LogP contribution >= 0.6 is 39.1 Å². The third-order valence-corrected chi connectivity index (χ3v) is 7.03. The van der Waals surface area contributed by atoms with Gasteiger partial charge >= 0.3 is 23.9 Å². The summed E-state index contributed by atoms with van der Waals surface area (Å²) in [4.78, 5) is 47.1. The Labute approximate surface area is 243 Å². The molecule has 39 heavy (non-hydrogen) atoms. The Hall–Kier alpha value is -2.86. The zero-order chi connectivity index (χ0) is 28.7. The number of alkyl halides is 1. The van der Waals surface area contributed by atoms with Crippen LogP contribution in [0, 0.1) is 0 Å². The Bertz CT molecular complexity index is 1210. The largest absolute Gasteiger partial charge is 0.463 e. The van der Waals surface area contributed by atoms with E-state index in [2.05, 4.69) is 21.2 Å². The molecule has 1 N–H and O–H groups in total. The van der Waals surface area contributed by atoms with Crippen molar-refractivity contribution in [1.82, 2.24) is 0 Å². The number of para-hydroxylation sites is 2. The smallest absolute Gasteiger partial charge is 0.312 e. The van der Waals surface area contributed by atoms with Gasteiger partial charge in [-0.05, 0) is 23.8 Å².